The number of piperidine rings is 1. The molecule has 0 aliphatic carbocycles. The number of fused-ring (bicyclic) bond motifs is 2. The molecule has 2 fully saturated rings. The van der Waals surface area contributed by atoms with E-state index in [1.807, 2.05) is 0 Å². The molecule has 3 aromatic rings. The third kappa shape index (κ3) is 3.82. The zero-order valence-electron chi connectivity index (χ0n) is 18.1. The number of aromatic nitrogens is 5. The van der Waals surface area contributed by atoms with E-state index in [0.717, 1.165) is 23.6 Å². The van der Waals surface area contributed by atoms with E-state index in [1.54, 1.807) is 11.9 Å². The molecule has 172 valence electrons. The summed E-state index contributed by atoms with van der Waals surface area (Å²) in [7, 11) is 3.18. The van der Waals surface area contributed by atoms with E-state index < -0.39 is 17.7 Å². The molecule has 0 saturated carbocycles. The van der Waals surface area contributed by atoms with Gasteiger partial charge in [-0.15, -0.1) is 10.2 Å². The number of alkyl halides is 1. The largest absolute Gasteiger partial charge is 0.507 e. The number of aryl methyl sites for hydroxylation is 1. The number of anilines is 1. The van der Waals surface area contributed by atoms with Crippen molar-refractivity contribution in [1.82, 2.24) is 30.0 Å². The summed E-state index contributed by atoms with van der Waals surface area (Å²) in [4.78, 5) is 21.5. The maximum absolute atomic E-state index is 14.9. The van der Waals surface area contributed by atoms with E-state index in [1.165, 1.54) is 31.4 Å². The molecule has 2 aliphatic rings. The topological polar surface area (TPSA) is 109 Å². The van der Waals surface area contributed by atoms with Crippen LogP contribution in [0.25, 0.3) is 22.6 Å². The van der Waals surface area contributed by atoms with E-state index >= 15 is 0 Å². The van der Waals surface area contributed by atoms with Gasteiger partial charge in [-0.25, -0.2) is 18.6 Å². The minimum Gasteiger partial charge on any atom is -0.507 e. The van der Waals surface area contributed by atoms with Crippen molar-refractivity contribution in [2.45, 2.75) is 43.6 Å². The molecular formula is C22H23F2N7O2. The summed E-state index contributed by atoms with van der Waals surface area (Å²) in [6.07, 6.45) is 4.03. The summed E-state index contributed by atoms with van der Waals surface area (Å²) < 4.78 is 30.2. The van der Waals surface area contributed by atoms with Crippen molar-refractivity contribution in [3.8, 4) is 28.4 Å². The second kappa shape index (κ2) is 8.14. The highest BCUT2D eigenvalue weighted by atomic mass is 19.1. The maximum Gasteiger partial charge on any atom is 0.348 e. The van der Waals surface area contributed by atoms with E-state index in [9.17, 15) is 18.7 Å². The van der Waals surface area contributed by atoms with Gasteiger partial charge in [0.15, 0.2) is 17.5 Å². The zero-order valence-corrected chi connectivity index (χ0v) is 18.1. The van der Waals surface area contributed by atoms with Crippen LogP contribution in [0, 0.1) is 5.82 Å². The molecule has 4 atom stereocenters. The van der Waals surface area contributed by atoms with Crippen molar-refractivity contribution < 1.29 is 13.9 Å². The van der Waals surface area contributed by atoms with Crippen LogP contribution in [-0.2, 0) is 7.05 Å². The van der Waals surface area contributed by atoms with Crippen LogP contribution in [-0.4, -0.2) is 61.2 Å². The second-order valence-corrected chi connectivity index (χ2v) is 8.61. The lowest BCUT2D eigenvalue weighted by molar-refractivity contribution is 0.176. The Labute approximate surface area is 188 Å². The molecule has 2 aliphatic heterocycles. The molecule has 1 aromatic carbocycles. The number of hydrogen-bond donors (Lipinski definition) is 2. The number of nitrogens with one attached hydrogen (secondary N) is 1. The predicted molar refractivity (Wildman–Crippen MR) is 117 cm³/mol. The SMILES string of the molecule is CN(c1cnc(-c2ccc(-c3nc(=O)n(C)cc3F)cc2O)nn1)[C@H]1C[C@H]2CC[C@H](N2)[C@H]1F. The lowest BCUT2D eigenvalue weighted by Gasteiger charge is -2.38. The fourth-order valence-corrected chi connectivity index (χ4v) is 4.66. The minimum absolute atomic E-state index is 0.129. The Morgan fingerprint density at radius 3 is 2.82 bits per heavy atom. The molecule has 2 aromatic heterocycles. The summed E-state index contributed by atoms with van der Waals surface area (Å²) in [5.41, 5.74) is -0.245. The fraction of sp³-hybridized carbons (Fsp3) is 0.409. The number of phenolic OH excluding ortho intramolecular Hbond substituents is 1. The minimum atomic E-state index is -1.00. The van der Waals surface area contributed by atoms with Crippen LogP contribution in [0.2, 0.25) is 0 Å². The van der Waals surface area contributed by atoms with E-state index in [-0.39, 0.29) is 40.5 Å². The van der Waals surface area contributed by atoms with Crippen LogP contribution < -0.4 is 15.9 Å². The Morgan fingerprint density at radius 2 is 2.09 bits per heavy atom. The first-order valence-corrected chi connectivity index (χ1v) is 10.7. The Balaban J connectivity index is 1.38. The fourth-order valence-electron chi connectivity index (χ4n) is 4.66. The smallest absolute Gasteiger partial charge is 0.348 e. The summed E-state index contributed by atoms with van der Waals surface area (Å²) >= 11 is 0. The molecule has 0 amide bonds. The second-order valence-electron chi connectivity index (χ2n) is 8.61. The number of phenols is 1. The van der Waals surface area contributed by atoms with Crippen molar-refractivity contribution in [3.05, 3.63) is 46.9 Å². The summed E-state index contributed by atoms with van der Waals surface area (Å²) in [5, 5.41) is 22.1. The number of rotatable bonds is 4. The molecule has 2 bridgehead atoms. The average Bonchev–Trinajstić information content (AvgIpc) is 3.22. The van der Waals surface area contributed by atoms with E-state index in [2.05, 4.69) is 25.5 Å². The lowest BCUT2D eigenvalue weighted by Crippen LogP contribution is -2.55. The lowest BCUT2D eigenvalue weighted by atomic mass is 9.96. The predicted octanol–water partition coefficient (Wildman–Crippen LogP) is 1.81. The molecular weight excluding hydrogens is 432 g/mol. The van der Waals surface area contributed by atoms with Gasteiger partial charge in [0.2, 0.25) is 0 Å². The Morgan fingerprint density at radius 1 is 1.27 bits per heavy atom. The first-order chi connectivity index (χ1) is 15.8. The van der Waals surface area contributed by atoms with Crippen LogP contribution in [0.5, 0.6) is 5.75 Å². The molecule has 0 spiro atoms. The molecule has 33 heavy (non-hydrogen) atoms. The number of halogens is 2. The van der Waals surface area contributed by atoms with Gasteiger partial charge in [-0.3, -0.25) is 4.57 Å². The van der Waals surface area contributed by atoms with Gasteiger partial charge in [-0.2, -0.15) is 4.98 Å². The quantitative estimate of drug-likeness (QED) is 0.613. The highest BCUT2D eigenvalue weighted by Gasteiger charge is 2.43. The van der Waals surface area contributed by atoms with Crippen LogP contribution in [0.15, 0.2) is 35.4 Å². The third-order valence-electron chi connectivity index (χ3n) is 6.52. The van der Waals surface area contributed by atoms with E-state index in [4.69, 9.17) is 0 Å². The van der Waals surface area contributed by atoms with Crippen molar-refractivity contribution in [3.63, 3.8) is 0 Å². The Hall–Kier alpha value is -3.47. The van der Waals surface area contributed by atoms with Gasteiger partial charge in [0.25, 0.3) is 0 Å². The Bertz CT molecular complexity index is 1250. The first-order valence-electron chi connectivity index (χ1n) is 10.7. The van der Waals surface area contributed by atoms with Crippen LogP contribution in [0.4, 0.5) is 14.6 Å². The molecule has 4 heterocycles. The van der Waals surface area contributed by atoms with Gasteiger partial charge in [0.05, 0.1) is 17.8 Å². The molecule has 5 rings (SSSR count). The highest BCUT2D eigenvalue weighted by molar-refractivity contribution is 5.71. The molecule has 2 saturated heterocycles. The summed E-state index contributed by atoms with van der Waals surface area (Å²) in [6.45, 7) is 0. The van der Waals surface area contributed by atoms with Gasteiger partial charge in [-0.05, 0) is 31.4 Å². The third-order valence-corrected chi connectivity index (χ3v) is 6.52. The molecule has 2 N–H and O–H groups in total. The van der Waals surface area contributed by atoms with Crippen molar-refractivity contribution in [2.75, 3.05) is 11.9 Å². The normalized spacial score (nSPS) is 24.1. The van der Waals surface area contributed by atoms with Crippen molar-refractivity contribution in [2.24, 2.45) is 7.05 Å². The monoisotopic (exact) mass is 455 g/mol. The first kappa shape index (κ1) is 21.4. The van der Waals surface area contributed by atoms with Crippen LogP contribution in [0.1, 0.15) is 19.3 Å². The molecule has 0 radical (unpaired) electrons. The Kier molecular flexibility index (Phi) is 5.28. The standard InChI is InChI=1S/C22H23F2N7O2/c1-30-10-14(23)20(27-22(30)33)11-3-5-13(17(32)7-11)21-25-9-18(28-29-21)31(2)16-8-12-4-6-15(26-12)19(16)24/h3,5,7,9-10,12,15-16,19,26,32H,4,6,8H2,1-2H3/t12-,15+,16+,19-/m1/s1. The van der Waals surface area contributed by atoms with Gasteiger partial charge in [0.1, 0.15) is 17.6 Å². The van der Waals surface area contributed by atoms with E-state index in [0.29, 0.717) is 18.3 Å². The summed E-state index contributed by atoms with van der Waals surface area (Å²) in [5.74, 6) is -0.297. The number of benzene rings is 1. The molecule has 0 unspecified atom stereocenters. The van der Waals surface area contributed by atoms with Crippen molar-refractivity contribution >= 4 is 5.82 Å². The number of aromatic hydroxyl groups is 1. The van der Waals surface area contributed by atoms with Crippen LogP contribution >= 0.6 is 0 Å². The highest BCUT2D eigenvalue weighted by Crippen LogP contribution is 2.34. The molecule has 11 heteroatoms. The summed E-state index contributed by atoms with van der Waals surface area (Å²) in [6, 6.07) is 4.19. The van der Waals surface area contributed by atoms with Gasteiger partial charge < -0.3 is 15.3 Å². The maximum atomic E-state index is 14.9. The van der Waals surface area contributed by atoms with Gasteiger partial charge in [-0.1, -0.05) is 6.07 Å². The van der Waals surface area contributed by atoms with Crippen LogP contribution in [0.3, 0.4) is 0 Å². The van der Waals surface area contributed by atoms with Gasteiger partial charge in [0, 0.05) is 37.9 Å². The number of hydrogen-bond acceptors (Lipinski definition) is 8. The molecule has 9 nitrogen and oxygen atoms in total. The average molecular weight is 455 g/mol. The zero-order chi connectivity index (χ0) is 23.3. The number of nitrogens with zero attached hydrogens (tertiary/aromatic N) is 6. The van der Waals surface area contributed by atoms with Gasteiger partial charge >= 0.3 is 5.69 Å². The van der Waals surface area contributed by atoms with Crippen molar-refractivity contribution in [1.29, 1.82) is 0 Å².